The summed E-state index contributed by atoms with van der Waals surface area (Å²) in [6.07, 6.45) is 0. The molecule has 1 heterocycles. The number of nitrogen functional groups attached to an aromatic ring is 1. The maximum absolute atomic E-state index is 10.7. The molecule has 1 aromatic heterocycles. The van der Waals surface area contributed by atoms with E-state index < -0.39 is 0 Å². The number of fused-ring (bicyclic) bond motifs is 1. The molecule has 0 aliphatic rings. The van der Waals surface area contributed by atoms with Gasteiger partial charge in [0.05, 0.1) is 4.70 Å². The van der Waals surface area contributed by atoms with Gasteiger partial charge in [0.25, 0.3) is 0 Å². The molecular formula is C7H5NO2S. The van der Waals surface area contributed by atoms with Crippen LogP contribution in [0.25, 0.3) is 10.3 Å². The van der Waals surface area contributed by atoms with Crippen molar-refractivity contribution in [2.45, 2.75) is 0 Å². The lowest BCUT2D eigenvalue weighted by atomic mass is 10.3. The highest BCUT2D eigenvalue weighted by Crippen LogP contribution is 2.18. The summed E-state index contributed by atoms with van der Waals surface area (Å²) < 4.78 is 5.63. The Labute approximate surface area is 66.1 Å². The van der Waals surface area contributed by atoms with Gasteiger partial charge in [-0.15, -0.1) is 0 Å². The van der Waals surface area contributed by atoms with Gasteiger partial charge in [-0.25, -0.2) is 4.79 Å². The van der Waals surface area contributed by atoms with Crippen LogP contribution in [0.3, 0.4) is 0 Å². The van der Waals surface area contributed by atoms with Crippen LogP contribution in [0.5, 0.6) is 0 Å². The monoisotopic (exact) mass is 167 g/mol. The Hall–Kier alpha value is -1.29. The zero-order chi connectivity index (χ0) is 7.84. The molecule has 0 bridgehead atoms. The Morgan fingerprint density at radius 2 is 2.27 bits per heavy atom. The van der Waals surface area contributed by atoms with E-state index in [2.05, 4.69) is 0 Å². The number of hydrogen-bond donors (Lipinski definition) is 1. The lowest BCUT2D eigenvalue weighted by Crippen LogP contribution is -1.80. The Bertz CT molecular complexity index is 443. The van der Waals surface area contributed by atoms with Gasteiger partial charge in [-0.3, -0.25) is 0 Å². The number of benzene rings is 1. The standard InChI is InChI=1S/C7H5NO2S/c8-4-1-2-5-6(3-4)11-7(9)10-5/h1-3H,8H2. The van der Waals surface area contributed by atoms with Crippen molar-refractivity contribution in [1.82, 2.24) is 0 Å². The first-order valence-corrected chi connectivity index (χ1v) is 3.86. The smallest absolute Gasteiger partial charge is 0.396 e. The summed E-state index contributed by atoms with van der Waals surface area (Å²) in [6.45, 7) is 0. The van der Waals surface area contributed by atoms with Crippen molar-refractivity contribution in [1.29, 1.82) is 0 Å². The van der Waals surface area contributed by atoms with Gasteiger partial charge < -0.3 is 10.2 Å². The molecule has 0 saturated heterocycles. The van der Waals surface area contributed by atoms with Crippen LogP contribution in [0.4, 0.5) is 5.69 Å². The zero-order valence-corrected chi connectivity index (χ0v) is 6.35. The molecule has 3 nitrogen and oxygen atoms in total. The van der Waals surface area contributed by atoms with Crippen molar-refractivity contribution in [3.63, 3.8) is 0 Å². The Morgan fingerprint density at radius 3 is 3.09 bits per heavy atom. The predicted octanol–water partition coefficient (Wildman–Crippen LogP) is 1.44. The van der Waals surface area contributed by atoms with E-state index in [-0.39, 0.29) is 4.94 Å². The SMILES string of the molecule is Nc1ccc2oc(=O)sc2c1. The summed E-state index contributed by atoms with van der Waals surface area (Å²) in [4.78, 5) is 10.4. The van der Waals surface area contributed by atoms with Crippen molar-refractivity contribution < 1.29 is 4.42 Å². The number of nitrogens with two attached hydrogens (primary N) is 1. The lowest BCUT2D eigenvalue weighted by molar-refractivity contribution is 0.585. The topological polar surface area (TPSA) is 56.2 Å². The quantitative estimate of drug-likeness (QED) is 0.604. The van der Waals surface area contributed by atoms with Crippen molar-refractivity contribution in [3.05, 3.63) is 27.9 Å². The summed E-state index contributed by atoms with van der Waals surface area (Å²) in [5.74, 6) is 0. The summed E-state index contributed by atoms with van der Waals surface area (Å²) >= 11 is 1.06. The van der Waals surface area contributed by atoms with Crippen LogP contribution in [-0.4, -0.2) is 0 Å². The molecule has 0 radical (unpaired) electrons. The van der Waals surface area contributed by atoms with E-state index in [0.717, 1.165) is 16.0 Å². The second-order valence-electron chi connectivity index (χ2n) is 2.16. The maximum atomic E-state index is 10.7. The highest BCUT2D eigenvalue weighted by Gasteiger charge is 1.99. The zero-order valence-electron chi connectivity index (χ0n) is 5.53. The van der Waals surface area contributed by atoms with Crippen molar-refractivity contribution in [2.24, 2.45) is 0 Å². The Kier molecular flexibility index (Phi) is 1.22. The fourth-order valence-electron chi connectivity index (χ4n) is 0.889. The summed E-state index contributed by atoms with van der Waals surface area (Å²) in [5.41, 5.74) is 6.75. The maximum Gasteiger partial charge on any atom is 0.396 e. The van der Waals surface area contributed by atoms with Gasteiger partial charge in [0.2, 0.25) is 0 Å². The minimum atomic E-state index is -0.286. The summed E-state index contributed by atoms with van der Waals surface area (Å²) in [5, 5.41) is 0. The highest BCUT2D eigenvalue weighted by atomic mass is 32.1. The van der Waals surface area contributed by atoms with Gasteiger partial charge in [0.1, 0.15) is 5.58 Å². The second kappa shape index (κ2) is 2.10. The van der Waals surface area contributed by atoms with E-state index in [1.165, 1.54) is 0 Å². The third kappa shape index (κ3) is 1.01. The highest BCUT2D eigenvalue weighted by molar-refractivity contribution is 7.16. The predicted molar refractivity (Wildman–Crippen MR) is 44.8 cm³/mol. The van der Waals surface area contributed by atoms with Gasteiger partial charge in [-0.05, 0) is 18.2 Å². The third-order valence-electron chi connectivity index (χ3n) is 1.35. The first-order chi connectivity index (χ1) is 5.25. The van der Waals surface area contributed by atoms with Crippen molar-refractivity contribution in [2.75, 3.05) is 5.73 Å². The first-order valence-electron chi connectivity index (χ1n) is 3.05. The van der Waals surface area contributed by atoms with Gasteiger partial charge in [-0.1, -0.05) is 11.3 Å². The number of anilines is 1. The van der Waals surface area contributed by atoms with Crippen molar-refractivity contribution in [3.8, 4) is 0 Å². The van der Waals surface area contributed by atoms with Crippen LogP contribution >= 0.6 is 11.3 Å². The lowest BCUT2D eigenvalue weighted by Gasteiger charge is -1.88. The molecule has 0 atom stereocenters. The molecule has 56 valence electrons. The largest absolute Gasteiger partial charge is 0.414 e. The third-order valence-corrected chi connectivity index (χ3v) is 2.14. The molecule has 0 spiro atoms. The van der Waals surface area contributed by atoms with Crippen LogP contribution in [0.1, 0.15) is 0 Å². The van der Waals surface area contributed by atoms with Gasteiger partial charge >= 0.3 is 4.94 Å². The van der Waals surface area contributed by atoms with E-state index in [9.17, 15) is 4.79 Å². The summed E-state index contributed by atoms with van der Waals surface area (Å²) in [7, 11) is 0. The van der Waals surface area contributed by atoms with E-state index >= 15 is 0 Å². The Morgan fingerprint density at radius 1 is 1.45 bits per heavy atom. The molecule has 0 amide bonds. The first kappa shape index (κ1) is 6.42. The van der Waals surface area contributed by atoms with Crippen LogP contribution in [0.2, 0.25) is 0 Å². The molecule has 11 heavy (non-hydrogen) atoms. The molecule has 0 aliphatic heterocycles. The van der Waals surface area contributed by atoms with Crippen LogP contribution in [-0.2, 0) is 0 Å². The number of hydrogen-bond acceptors (Lipinski definition) is 4. The van der Waals surface area contributed by atoms with Gasteiger partial charge in [0, 0.05) is 5.69 Å². The molecule has 2 aromatic rings. The molecule has 1 aromatic carbocycles. The molecule has 2 N–H and O–H groups in total. The molecule has 0 aliphatic carbocycles. The molecule has 2 rings (SSSR count). The summed E-state index contributed by atoms with van der Waals surface area (Å²) in [6, 6.07) is 5.13. The Balaban J connectivity index is 2.92. The van der Waals surface area contributed by atoms with E-state index in [4.69, 9.17) is 10.2 Å². The normalized spacial score (nSPS) is 10.5. The second-order valence-corrected chi connectivity index (χ2v) is 3.14. The average Bonchev–Trinajstić information content (AvgIpc) is 2.27. The minimum Gasteiger partial charge on any atom is -0.414 e. The van der Waals surface area contributed by atoms with E-state index in [0.29, 0.717) is 11.3 Å². The van der Waals surface area contributed by atoms with Gasteiger partial charge in [0.15, 0.2) is 0 Å². The molecular weight excluding hydrogens is 162 g/mol. The molecule has 0 fully saturated rings. The van der Waals surface area contributed by atoms with Crippen LogP contribution < -0.4 is 10.7 Å². The van der Waals surface area contributed by atoms with E-state index in [1.54, 1.807) is 18.2 Å². The van der Waals surface area contributed by atoms with Crippen molar-refractivity contribution >= 4 is 27.3 Å². The number of rotatable bonds is 0. The average molecular weight is 167 g/mol. The van der Waals surface area contributed by atoms with Gasteiger partial charge in [-0.2, -0.15) is 0 Å². The van der Waals surface area contributed by atoms with E-state index in [1.807, 2.05) is 0 Å². The van der Waals surface area contributed by atoms with Crippen LogP contribution in [0.15, 0.2) is 27.4 Å². The molecule has 0 unspecified atom stereocenters. The molecule has 0 saturated carbocycles. The fraction of sp³-hybridized carbons (Fsp3) is 0. The fourth-order valence-corrected chi connectivity index (χ4v) is 1.61. The van der Waals surface area contributed by atoms with Crippen LogP contribution in [0, 0.1) is 0 Å². The minimum absolute atomic E-state index is 0.286. The molecule has 4 heteroatoms.